The van der Waals surface area contributed by atoms with Crippen molar-refractivity contribution in [2.24, 2.45) is 11.8 Å². The summed E-state index contributed by atoms with van der Waals surface area (Å²) in [4.78, 5) is 17.4. The molecular formula is C21H34N2O3. The van der Waals surface area contributed by atoms with Gasteiger partial charge in [-0.25, -0.2) is 0 Å². The smallest absolute Gasteiger partial charge is 0.225 e. The SMILES string of the molecule is O=C(C1CCC1)N1CCC(N2CC(OCC3CC3)C23CCOCC3)CC1. The molecule has 0 aromatic carbocycles. The summed E-state index contributed by atoms with van der Waals surface area (Å²) in [5, 5.41) is 0. The fourth-order valence-corrected chi connectivity index (χ4v) is 5.51. The Morgan fingerprint density at radius 1 is 1.04 bits per heavy atom. The van der Waals surface area contributed by atoms with Gasteiger partial charge in [-0.05, 0) is 57.3 Å². The Morgan fingerprint density at radius 2 is 1.77 bits per heavy atom. The van der Waals surface area contributed by atoms with Gasteiger partial charge in [0.15, 0.2) is 0 Å². The largest absolute Gasteiger partial charge is 0.381 e. The zero-order chi connectivity index (χ0) is 17.6. The number of nitrogens with zero attached hydrogens (tertiary/aromatic N) is 2. The van der Waals surface area contributed by atoms with Gasteiger partial charge in [0, 0.05) is 51.4 Å². The second-order valence-electron chi connectivity index (χ2n) is 9.32. The summed E-state index contributed by atoms with van der Waals surface area (Å²) in [6.07, 6.45) is 11.1. The predicted octanol–water partition coefficient (Wildman–Crippen LogP) is 2.44. The lowest BCUT2D eigenvalue weighted by Gasteiger charge is -2.63. The summed E-state index contributed by atoms with van der Waals surface area (Å²) in [6, 6.07) is 0.624. The molecule has 1 spiro atoms. The Hall–Kier alpha value is -0.650. The molecular weight excluding hydrogens is 328 g/mol. The minimum absolute atomic E-state index is 0.220. The molecule has 3 heterocycles. The van der Waals surface area contributed by atoms with Crippen LogP contribution in [0.25, 0.3) is 0 Å². The number of carbonyl (C=O) groups is 1. The average molecular weight is 363 g/mol. The fraction of sp³-hybridized carbons (Fsp3) is 0.952. The van der Waals surface area contributed by atoms with Crippen LogP contribution in [0.1, 0.15) is 57.8 Å². The van der Waals surface area contributed by atoms with E-state index in [4.69, 9.17) is 9.47 Å². The second kappa shape index (κ2) is 7.06. The van der Waals surface area contributed by atoms with E-state index in [1.165, 1.54) is 19.3 Å². The Morgan fingerprint density at radius 3 is 2.38 bits per heavy atom. The highest BCUT2D eigenvalue weighted by Gasteiger charge is 2.57. The fourth-order valence-electron chi connectivity index (χ4n) is 5.51. The molecule has 26 heavy (non-hydrogen) atoms. The predicted molar refractivity (Wildman–Crippen MR) is 98.9 cm³/mol. The minimum Gasteiger partial charge on any atom is -0.381 e. The summed E-state index contributed by atoms with van der Waals surface area (Å²) in [7, 11) is 0. The molecule has 2 saturated carbocycles. The van der Waals surface area contributed by atoms with E-state index in [1.807, 2.05) is 0 Å². The number of amides is 1. The molecule has 0 aromatic heterocycles. The van der Waals surface area contributed by atoms with Crippen molar-refractivity contribution in [1.82, 2.24) is 9.80 Å². The van der Waals surface area contributed by atoms with Crippen LogP contribution in [-0.4, -0.2) is 72.8 Å². The third-order valence-corrected chi connectivity index (χ3v) is 7.79. The quantitative estimate of drug-likeness (QED) is 0.753. The number of ether oxygens (including phenoxy) is 2. The molecule has 1 unspecified atom stereocenters. The van der Waals surface area contributed by atoms with Crippen LogP contribution >= 0.6 is 0 Å². The van der Waals surface area contributed by atoms with Gasteiger partial charge in [0.25, 0.3) is 0 Å². The van der Waals surface area contributed by atoms with Crippen molar-refractivity contribution in [2.45, 2.75) is 75.5 Å². The molecule has 3 aliphatic heterocycles. The summed E-state index contributed by atoms with van der Waals surface area (Å²) >= 11 is 0. The van der Waals surface area contributed by atoms with Gasteiger partial charge < -0.3 is 14.4 Å². The molecule has 5 aliphatic rings. The Labute approximate surface area is 157 Å². The van der Waals surface area contributed by atoms with Gasteiger partial charge in [0.1, 0.15) is 0 Å². The third kappa shape index (κ3) is 3.10. The molecule has 0 N–H and O–H groups in total. The first-order valence-corrected chi connectivity index (χ1v) is 11.0. The molecule has 1 atom stereocenters. The van der Waals surface area contributed by atoms with Crippen molar-refractivity contribution in [2.75, 3.05) is 39.5 Å². The van der Waals surface area contributed by atoms with Gasteiger partial charge in [0.05, 0.1) is 11.6 Å². The zero-order valence-electron chi connectivity index (χ0n) is 16.0. The first-order valence-electron chi connectivity index (χ1n) is 11.0. The van der Waals surface area contributed by atoms with Gasteiger partial charge in [-0.3, -0.25) is 9.69 Å². The van der Waals surface area contributed by atoms with Crippen molar-refractivity contribution in [3.05, 3.63) is 0 Å². The Bertz CT molecular complexity index is 517. The number of rotatable bonds is 5. The minimum atomic E-state index is 0.220. The summed E-state index contributed by atoms with van der Waals surface area (Å²) < 4.78 is 12.0. The van der Waals surface area contributed by atoms with Crippen molar-refractivity contribution >= 4 is 5.91 Å². The van der Waals surface area contributed by atoms with Crippen LogP contribution in [0.3, 0.4) is 0 Å². The lowest BCUT2D eigenvalue weighted by Crippen LogP contribution is -2.76. The molecule has 5 nitrogen and oxygen atoms in total. The van der Waals surface area contributed by atoms with Crippen LogP contribution in [0.2, 0.25) is 0 Å². The van der Waals surface area contributed by atoms with E-state index in [0.717, 1.165) is 83.9 Å². The normalized spacial score (nSPS) is 33.1. The van der Waals surface area contributed by atoms with Gasteiger partial charge in [-0.2, -0.15) is 0 Å². The molecule has 5 heteroatoms. The van der Waals surface area contributed by atoms with Gasteiger partial charge in [0.2, 0.25) is 5.91 Å². The monoisotopic (exact) mass is 362 g/mol. The van der Waals surface area contributed by atoms with Crippen LogP contribution in [-0.2, 0) is 14.3 Å². The molecule has 5 fully saturated rings. The van der Waals surface area contributed by atoms with Crippen LogP contribution in [0.15, 0.2) is 0 Å². The van der Waals surface area contributed by atoms with Crippen LogP contribution in [0.4, 0.5) is 0 Å². The van der Waals surface area contributed by atoms with E-state index in [9.17, 15) is 4.79 Å². The lowest BCUT2D eigenvalue weighted by molar-refractivity contribution is -0.218. The molecule has 0 aromatic rings. The summed E-state index contributed by atoms with van der Waals surface area (Å²) in [5.74, 6) is 1.61. The third-order valence-electron chi connectivity index (χ3n) is 7.79. The first kappa shape index (κ1) is 17.4. The van der Waals surface area contributed by atoms with E-state index in [0.29, 0.717) is 24.0 Å². The van der Waals surface area contributed by atoms with Crippen molar-refractivity contribution < 1.29 is 14.3 Å². The number of likely N-dealkylation sites (tertiary alicyclic amines) is 2. The van der Waals surface area contributed by atoms with E-state index in [2.05, 4.69) is 9.80 Å². The van der Waals surface area contributed by atoms with Gasteiger partial charge in [-0.1, -0.05) is 6.42 Å². The topological polar surface area (TPSA) is 42.0 Å². The van der Waals surface area contributed by atoms with E-state index in [-0.39, 0.29) is 5.54 Å². The first-order chi connectivity index (χ1) is 12.8. The standard InChI is InChI=1S/C21H34N2O3/c24-20(17-2-1-3-17)22-10-6-18(7-11-22)23-14-19(26-15-16-4-5-16)21(23)8-12-25-13-9-21/h16-19H,1-15H2. The van der Waals surface area contributed by atoms with Crippen molar-refractivity contribution in [1.29, 1.82) is 0 Å². The maximum Gasteiger partial charge on any atom is 0.225 e. The number of carbonyl (C=O) groups excluding carboxylic acids is 1. The van der Waals surface area contributed by atoms with Crippen LogP contribution < -0.4 is 0 Å². The Balaban J connectivity index is 1.18. The number of hydrogen-bond acceptors (Lipinski definition) is 4. The van der Waals surface area contributed by atoms with Crippen molar-refractivity contribution in [3.8, 4) is 0 Å². The maximum atomic E-state index is 12.5. The molecule has 0 bridgehead atoms. The van der Waals surface area contributed by atoms with E-state index in [1.54, 1.807) is 0 Å². The molecule has 146 valence electrons. The van der Waals surface area contributed by atoms with Gasteiger partial charge in [-0.15, -0.1) is 0 Å². The highest BCUT2D eigenvalue weighted by Crippen LogP contribution is 2.45. The van der Waals surface area contributed by atoms with Crippen LogP contribution in [0.5, 0.6) is 0 Å². The van der Waals surface area contributed by atoms with Gasteiger partial charge >= 0.3 is 0 Å². The summed E-state index contributed by atoms with van der Waals surface area (Å²) in [5.41, 5.74) is 0.220. The zero-order valence-corrected chi connectivity index (χ0v) is 16.0. The van der Waals surface area contributed by atoms with E-state index >= 15 is 0 Å². The second-order valence-corrected chi connectivity index (χ2v) is 9.32. The average Bonchev–Trinajstić information content (AvgIpc) is 3.45. The maximum absolute atomic E-state index is 12.5. The molecule has 1 amide bonds. The Kier molecular flexibility index (Phi) is 4.74. The number of piperidine rings is 1. The molecule has 3 saturated heterocycles. The summed E-state index contributed by atoms with van der Waals surface area (Å²) in [6.45, 7) is 5.72. The lowest BCUT2D eigenvalue weighted by atomic mass is 9.73. The van der Waals surface area contributed by atoms with Crippen LogP contribution in [0, 0.1) is 11.8 Å². The molecule has 2 aliphatic carbocycles. The highest BCUT2D eigenvalue weighted by molar-refractivity contribution is 5.79. The highest BCUT2D eigenvalue weighted by atomic mass is 16.5. The number of hydrogen-bond donors (Lipinski definition) is 0. The van der Waals surface area contributed by atoms with E-state index < -0.39 is 0 Å². The van der Waals surface area contributed by atoms with Crippen molar-refractivity contribution in [3.63, 3.8) is 0 Å². The molecule has 5 rings (SSSR count). The molecule has 0 radical (unpaired) electrons.